The third kappa shape index (κ3) is 11.6. The fourth-order valence-corrected chi connectivity index (χ4v) is 13.7. The van der Waals surface area contributed by atoms with Crippen molar-refractivity contribution in [3.63, 3.8) is 0 Å². The van der Waals surface area contributed by atoms with E-state index in [1.54, 1.807) is 18.3 Å². The number of carbonyl (C=O) groups is 2. The predicted octanol–water partition coefficient (Wildman–Crippen LogP) is 6.44. The molecular formula is C61H78N14O6. The molecule has 20 heteroatoms. The van der Waals surface area contributed by atoms with Gasteiger partial charge in [0.2, 0.25) is 17.7 Å². The van der Waals surface area contributed by atoms with Crippen LogP contribution in [0.15, 0.2) is 95.9 Å². The SMILES string of the molecule is Cc1nccn1-c1ccc([C@@H](C)NC(=O)[C@H]2C[C@H](O)CN2C(=O)[C@@H](c2cc(N3CCN(CC4CCN(CC5CC(Oc6cc(N7C8CC[C@@H]7CN(c7cc(-c9ccccc9O)nnc7N)C8)ccn6)C5)CC4)CC3)no2)C(C)C)cc1. The zero-order valence-corrected chi connectivity index (χ0v) is 47.1. The molecule has 1 aliphatic carbocycles. The molecule has 4 aromatic heterocycles. The molecule has 6 aliphatic rings. The van der Waals surface area contributed by atoms with Crippen LogP contribution in [0.1, 0.15) is 94.8 Å². The molecule has 5 aliphatic heterocycles. The third-order valence-electron chi connectivity index (χ3n) is 18.2. The number of nitrogen functional groups attached to an aromatic ring is 1. The molecule has 6 fully saturated rings. The number of hydrogen-bond acceptors (Lipinski definition) is 17. The molecule has 6 aromatic rings. The highest BCUT2D eigenvalue weighted by atomic mass is 16.5. The molecule has 5 N–H and O–H groups in total. The van der Waals surface area contributed by atoms with Crippen LogP contribution in [-0.2, 0) is 9.59 Å². The lowest BCUT2D eigenvalue weighted by atomic mass is 9.81. The van der Waals surface area contributed by atoms with Crippen LogP contribution in [0.4, 0.5) is 23.0 Å². The number of likely N-dealkylation sites (tertiary alicyclic amines) is 2. The minimum atomic E-state index is -0.804. The van der Waals surface area contributed by atoms with Crippen molar-refractivity contribution < 1.29 is 29.1 Å². The average Bonchev–Trinajstić information content (AvgIpc) is 4.28. The average molecular weight is 1100 g/mol. The number of phenols is 1. The number of imidazole rings is 1. The molecule has 20 nitrogen and oxygen atoms in total. The Morgan fingerprint density at radius 2 is 1.52 bits per heavy atom. The third-order valence-corrected chi connectivity index (χ3v) is 18.2. The summed E-state index contributed by atoms with van der Waals surface area (Å²) < 4.78 is 14.5. The number of aliphatic hydroxyl groups is 1. The number of benzene rings is 2. The number of β-amino-alcohol motifs (C(OH)–C–C–N with tert-alkyl or cyclic N) is 1. The Morgan fingerprint density at radius 3 is 2.23 bits per heavy atom. The van der Waals surface area contributed by atoms with Gasteiger partial charge in [0.15, 0.2) is 17.4 Å². The van der Waals surface area contributed by atoms with Crippen LogP contribution >= 0.6 is 0 Å². The number of piperidine rings is 1. The van der Waals surface area contributed by atoms with Gasteiger partial charge in [-0.15, -0.1) is 10.2 Å². The van der Waals surface area contributed by atoms with Crippen LogP contribution in [0, 0.1) is 24.7 Å². The minimum Gasteiger partial charge on any atom is -0.507 e. The number of nitrogens with zero attached hydrogens (tertiary/aromatic N) is 12. The van der Waals surface area contributed by atoms with Crippen LogP contribution in [-0.4, -0.2) is 169 Å². The van der Waals surface area contributed by atoms with Gasteiger partial charge in [-0.2, -0.15) is 0 Å². The molecule has 81 heavy (non-hydrogen) atoms. The van der Waals surface area contributed by atoms with Gasteiger partial charge in [0.25, 0.3) is 0 Å². The lowest BCUT2D eigenvalue weighted by Crippen LogP contribution is -2.54. The highest BCUT2D eigenvalue weighted by molar-refractivity contribution is 5.91. The van der Waals surface area contributed by atoms with E-state index >= 15 is 0 Å². The van der Waals surface area contributed by atoms with Crippen molar-refractivity contribution in [2.75, 3.05) is 92.4 Å². The maximum absolute atomic E-state index is 14.4. The molecule has 6 atom stereocenters. The first-order chi connectivity index (χ1) is 39.3. The number of pyridine rings is 1. The van der Waals surface area contributed by atoms with Gasteiger partial charge in [0.05, 0.1) is 23.5 Å². The topological polar surface area (TPSA) is 224 Å². The van der Waals surface area contributed by atoms with E-state index in [0.29, 0.717) is 52.6 Å². The Bertz CT molecular complexity index is 3130. The second-order valence-corrected chi connectivity index (χ2v) is 24.0. The van der Waals surface area contributed by atoms with E-state index in [4.69, 9.17) is 15.0 Å². The normalized spacial score (nSPS) is 24.4. The largest absolute Gasteiger partial charge is 0.507 e. The minimum absolute atomic E-state index is 0.0833. The lowest BCUT2D eigenvalue weighted by molar-refractivity contribution is -0.141. The first-order valence-corrected chi connectivity index (χ1v) is 29.4. The molecule has 2 bridgehead atoms. The van der Waals surface area contributed by atoms with Crippen molar-refractivity contribution in [3.05, 3.63) is 109 Å². The lowest BCUT2D eigenvalue weighted by Gasteiger charge is -2.43. The van der Waals surface area contributed by atoms with E-state index in [1.165, 1.54) is 17.7 Å². The number of aryl methyl sites for hydroxylation is 1. The second-order valence-electron chi connectivity index (χ2n) is 24.0. The molecule has 1 unspecified atom stereocenters. The number of ether oxygens (including phenoxy) is 1. The molecule has 9 heterocycles. The highest BCUT2D eigenvalue weighted by Crippen LogP contribution is 2.41. The number of nitrogens with two attached hydrogens (primary N) is 1. The van der Waals surface area contributed by atoms with E-state index in [1.807, 2.05) is 93.2 Å². The molecule has 428 valence electrons. The zero-order chi connectivity index (χ0) is 55.9. The van der Waals surface area contributed by atoms with E-state index in [2.05, 4.69) is 67.3 Å². The Morgan fingerprint density at radius 1 is 0.790 bits per heavy atom. The number of fused-ring (bicyclic) bond motifs is 2. The second kappa shape index (κ2) is 23.3. The van der Waals surface area contributed by atoms with E-state index in [9.17, 15) is 19.8 Å². The van der Waals surface area contributed by atoms with E-state index < -0.39 is 18.1 Å². The van der Waals surface area contributed by atoms with Gasteiger partial charge in [0.1, 0.15) is 29.6 Å². The van der Waals surface area contributed by atoms with Gasteiger partial charge >= 0.3 is 0 Å². The van der Waals surface area contributed by atoms with Gasteiger partial charge in [0, 0.05) is 125 Å². The summed E-state index contributed by atoms with van der Waals surface area (Å²) in [6.07, 6.45) is 11.8. The summed E-state index contributed by atoms with van der Waals surface area (Å²) >= 11 is 0. The summed E-state index contributed by atoms with van der Waals surface area (Å²) in [4.78, 5) is 51.1. The van der Waals surface area contributed by atoms with Crippen molar-refractivity contribution >= 4 is 34.8 Å². The molecule has 1 saturated carbocycles. The Labute approximate surface area is 474 Å². The quantitative estimate of drug-likeness (QED) is 0.0772. The summed E-state index contributed by atoms with van der Waals surface area (Å²) in [7, 11) is 0. The molecular weight excluding hydrogens is 1020 g/mol. The standard InChI is InChI=1S/C61H78N14O6/c1-38(2)58(61(79)74-37-48(76)30-53(74)60(78)65-39(3)43-9-11-44(12-10-43)73-22-19-63-40(73)4)55-32-56(68-81-55)71-25-23-70(24-26-71)33-41-16-20-69(21-17-41)34-42-27-49(28-42)80-57-29-45(15-18-64-57)75-46-13-14-47(75)36-72(35-46)52-31-51(66-67-59(52)62)50-7-5-6-8-54(50)77/h5-12,15,18-19,22,29,31-32,38-39,41-42,46-49,53,58,76-77H,13-14,16-17,20-21,23-28,30,33-37H2,1-4H3,(H2,62,67)(H,65,78)/t39-,42?,46-,47?,48+,49?,53-,58-/m1/s1. The Hall–Kier alpha value is -7.29. The summed E-state index contributed by atoms with van der Waals surface area (Å²) in [6.45, 7) is 17.6. The van der Waals surface area contributed by atoms with Crippen LogP contribution in [0.2, 0.25) is 0 Å². The molecule has 0 radical (unpaired) electrons. The number of aromatic hydroxyl groups is 1. The number of nitrogens with one attached hydrogen (secondary N) is 1. The number of carbonyl (C=O) groups excluding carboxylic acids is 2. The van der Waals surface area contributed by atoms with Gasteiger partial charge in [-0.1, -0.05) is 43.3 Å². The number of piperazine rings is 2. The van der Waals surface area contributed by atoms with Crippen LogP contribution < -0.4 is 30.5 Å². The van der Waals surface area contributed by atoms with Crippen molar-refractivity contribution in [1.29, 1.82) is 0 Å². The smallest absolute Gasteiger partial charge is 0.243 e. The predicted molar refractivity (Wildman–Crippen MR) is 309 cm³/mol. The number of rotatable bonds is 17. The fraction of sp³-hybridized carbons (Fsp3) is 0.525. The van der Waals surface area contributed by atoms with Crippen molar-refractivity contribution in [2.24, 2.45) is 17.8 Å². The Balaban J connectivity index is 0.564. The maximum Gasteiger partial charge on any atom is 0.243 e. The number of aliphatic hydroxyl groups excluding tert-OH is 1. The molecule has 5 saturated heterocycles. The van der Waals surface area contributed by atoms with Crippen LogP contribution in [0.5, 0.6) is 11.6 Å². The van der Waals surface area contributed by atoms with E-state index in [0.717, 1.165) is 125 Å². The monoisotopic (exact) mass is 1100 g/mol. The van der Waals surface area contributed by atoms with Crippen LogP contribution in [0.25, 0.3) is 16.9 Å². The van der Waals surface area contributed by atoms with Gasteiger partial charge in [-0.25, -0.2) is 9.97 Å². The maximum atomic E-state index is 14.4. The number of aromatic nitrogens is 6. The van der Waals surface area contributed by atoms with Crippen molar-refractivity contribution in [1.82, 2.24) is 49.9 Å². The van der Waals surface area contributed by atoms with Gasteiger partial charge < -0.3 is 59.6 Å². The number of para-hydroxylation sites is 1. The summed E-state index contributed by atoms with van der Waals surface area (Å²) in [5, 5.41) is 37.5. The summed E-state index contributed by atoms with van der Waals surface area (Å²) in [5.74, 6) is 3.38. The van der Waals surface area contributed by atoms with Crippen molar-refractivity contribution in [2.45, 2.75) is 115 Å². The van der Waals surface area contributed by atoms with Crippen molar-refractivity contribution in [3.8, 4) is 28.6 Å². The Kier molecular flexibility index (Phi) is 15.6. The first-order valence-electron chi connectivity index (χ1n) is 29.4. The molecule has 12 rings (SSSR count). The molecule has 2 amide bonds. The zero-order valence-electron chi connectivity index (χ0n) is 47.1. The number of anilines is 4. The first kappa shape index (κ1) is 54.3. The van der Waals surface area contributed by atoms with Crippen LogP contribution in [0.3, 0.4) is 0 Å². The number of hydrogen-bond donors (Lipinski definition) is 4. The fourth-order valence-electron chi connectivity index (χ4n) is 13.7. The number of phenolic OH excluding ortho intramolecular Hbond substituents is 1. The number of amides is 2. The molecule has 2 aromatic carbocycles. The highest BCUT2D eigenvalue weighted by Gasteiger charge is 2.45. The summed E-state index contributed by atoms with van der Waals surface area (Å²) in [5.41, 5.74) is 11.6. The summed E-state index contributed by atoms with van der Waals surface area (Å²) in [6, 6.07) is 22.8. The van der Waals surface area contributed by atoms with E-state index in [-0.39, 0.29) is 48.6 Å². The van der Waals surface area contributed by atoms with Gasteiger partial charge in [-0.3, -0.25) is 14.5 Å². The molecule has 0 spiro atoms. The van der Waals surface area contributed by atoms with Gasteiger partial charge in [-0.05, 0) is 125 Å².